The van der Waals surface area contributed by atoms with Crippen LogP contribution in [0.4, 0.5) is 0 Å². The largest absolute Gasteiger partial charge is 0.460 e. The molecule has 19 heavy (non-hydrogen) atoms. The minimum absolute atomic E-state index is 0.106. The van der Waals surface area contributed by atoms with Gasteiger partial charge in [0.2, 0.25) is 0 Å². The van der Waals surface area contributed by atoms with E-state index >= 15 is 0 Å². The molecule has 97 valence electrons. The van der Waals surface area contributed by atoms with Crippen molar-refractivity contribution in [2.24, 2.45) is 0 Å². The van der Waals surface area contributed by atoms with Crippen molar-refractivity contribution in [2.75, 3.05) is 0 Å². The van der Waals surface area contributed by atoms with Gasteiger partial charge in [-0.05, 0) is 17.0 Å². The van der Waals surface area contributed by atoms with Crippen LogP contribution in [0.1, 0.15) is 16.4 Å². The van der Waals surface area contributed by atoms with Crippen molar-refractivity contribution < 1.29 is 14.3 Å². The summed E-state index contributed by atoms with van der Waals surface area (Å²) in [5, 5.41) is 1.76. The van der Waals surface area contributed by atoms with Gasteiger partial charge in [-0.15, -0.1) is 11.3 Å². The lowest BCUT2D eigenvalue weighted by Crippen LogP contribution is -2.24. The van der Waals surface area contributed by atoms with Gasteiger partial charge < -0.3 is 4.74 Å². The first-order valence-corrected chi connectivity index (χ1v) is 6.56. The Morgan fingerprint density at radius 3 is 2.47 bits per heavy atom. The average molecular weight is 274 g/mol. The summed E-state index contributed by atoms with van der Waals surface area (Å²) < 4.78 is 5.10. The van der Waals surface area contributed by atoms with E-state index in [1.807, 2.05) is 30.3 Å². The second-order valence-corrected chi connectivity index (χ2v) is 4.89. The monoisotopic (exact) mass is 274 g/mol. The molecule has 2 aromatic rings. The average Bonchev–Trinajstić information content (AvgIpc) is 2.91. The molecule has 2 rings (SSSR count). The molecule has 1 aromatic carbocycles. The molecule has 0 fully saturated rings. The highest BCUT2D eigenvalue weighted by Gasteiger charge is 2.29. The number of benzene rings is 1. The maximum atomic E-state index is 11.9. The van der Waals surface area contributed by atoms with Crippen LogP contribution in [0.3, 0.4) is 0 Å². The van der Waals surface area contributed by atoms with Gasteiger partial charge >= 0.3 is 5.97 Å². The molecule has 1 heterocycles. The number of carbonyl (C=O) groups excluding carboxylic acids is 2. The van der Waals surface area contributed by atoms with Crippen molar-refractivity contribution in [2.45, 2.75) is 12.5 Å². The van der Waals surface area contributed by atoms with E-state index in [9.17, 15) is 9.59 Å². The summed E-state index contributed by atoms with van der Waals surface area (Å²) in [7, 11) is 0. The number of hydrogen-bond acceptors (Lipinski definition) is 4. The van der Waals surface area contributed by atoms with Crippen molar-refractivity contribution in [1.82, 2.24) is 5.73 Å². The van der Waals surface area contributed by atoms with Gasteiger partial charge in [-0.3, -0.25) is 15.3 Å². The maximum Gasteiger partial charge on any atom is 0.324 e. The second kappa shape index (κ2) is 6.15. The third-order valence-electron chi connectivity index (χ3n) is 2.55. The lowest BCUT2D eigenvalue weighted by Gasteiger charge is -2.11. The Morgan fingerprint density at radius 2 is 1.89 bits per heavy atom. The number of hydrogen-bond donors (Lipinski definition) is 0. The lowest BCUT2D eigenvalue weighted by molar-refractivity contribution is -0.149. The summed E-state index contributed by atoms with van der Waals surface area (Å²) >= 11 is 1.27. The minimum atomic E-state index is -1.14. The van der Waals surface area contributed by atoms with Crippen LogP contribution in [-0.4, -0.2) is 11.9 Å². The quantitative estimate of drug-likeness (QED) is 0.621. The highest BCUT2D eigenvalue weighted by atomic mass is 32.1. The van der Waals surface area contributed by atoms with Crippen molar-refractivity contribution >= 4 is 23.2 Å². The molecule has 0 spiro atoms. The number of carbonyl (C=O) groups is 2. The Morgan fingerprint density at radius 1 is 1.16 bits per heavy atom. The van der Waals surface area contributed by atoms with Crippen LogP contribution in [0, 0.1) is 0 Å². The normalized spacial score (nSPS) is 11.8. The fourth-order valence-electron chi connectivity index (χ4n) is 1.62. The van der Waals surface area contributed by atoms with Crippen LogP contribution >= 0.6 is 11.3 Å². The summed E-state index contributed by atoms with van der Waals surface area (Å²) in [4.78, 5) is 23.7. The second-order valence-electron chi connectivity index (χ2n) is 3.91. The number of rotatable bonds is 5. The zero-order valence-electron chi connectivity index (χ0n) is 10.0. The van der Waals surface area contributed by atoms with Crippen molar-refractivity contribution in [3.05, 3.63) is 58.3 Å². The van der Waals surface area contributed by atoms with E-state index in [0.717, 1.165) is 5.56 Å². The third kappa shape index (κ3) is 3.42. The van der Waals surface area contributed by atoms with E-state index < -0.39 is 17.8 Å². The van der Waals surface area contributed by atoms with Crippen molar-refractivity contribution in [3.63, 3.8) is 0 Å². The van der Waals surface area contributed by atoms with Crippen LogP contribution in [0.25, 0.3) is 0 Å². The van der Waals surface area contributed by atoms with Gasteiger partial charge in [-0.2, -0.15) is 0 Å². The Balaban J connectivity index is 2.03. The van der Waals surface area contributed by atoms with Gasteiger partial charge in [-0.1, -0.05) is 36.4 Å². The molecule has 4 nitrogen and oxygen atoms in total. The van der Waals surface area contributed by atoms with E-state index in [1.54, 1.807) is 17.5 Å². The molecule has 5 heteroatoms. The van der Waals surface area contributed by atoms with E-state index in [4.69, 9.17) is 10.5 Å². The predicted octanol–water partition coefficient (Wildman–Crippen LogP) is 2.38. The van der Waals surface area contributed by atoms with Gasteiger partial charge in [0.15, 0.2) is 5.92 Å². The van der Waals surface area contributed by atoms with Gasteiger partial charge in [0.05, 0.1) is 0 Å². The Hall–Kier alpha value is -2.14. The van der Waals surface area contributed by atoms with Gasteiger partial charge in [0.25, 0.3) is 5.91 Å². The van der Waals surface area contributed by atoms with Crippen molar-refractivity contribution in [3.8, 4) is 0 Å². The Bertz CT molecular complexity index is 551. The van der Waals surface area contributed by atoms with Crippen molar-refractivity contribution in [1.29, 1.82) is 0 Å². The predicted molar refractivity (Wildman–Crippen MR) is 71.4 cm³/mol. The van der Waals surface area contributed by atoms with Crippen LogP contribution < -0.4 is 5.73 Å². The molecule has 1 atom stereocenters. The summed E-state index contributed by atoms with van der Waals surface area (Å²) in [6.45, 7) is 0.106. The Labute approximate surface area is 114 Å². The van der Waals surface area contributed by atoms with Crippen LogP contribution in [0.15, 0.2) is 47.8 Å². The molecule has 0 bridgehead atoms. The molecule has 0 aliphatic rings. The minimum Gasteiger partial charge on any atom is -0.460 e. The molecule has 1 unspecified atom stereocenters. The summed E-state index contributed by atoms with van der Waals surface area (Å²) in [5.74, 6) is -2.75. The third-order valence-corrected chi connectivity index (χ3v) is 3.49. The molecule has 1 amide bonds. The first-order chi connectivity index (χ1) is 9.18. The van der Waals surface area contributed by atoms with Crippen LogP contribution in [-0.2, 0) is 20.9 Å². The molecule has 1 N–H and O–H groups in total. The SMILES string of the molecule is [NH]C(=O)C(C(=O)OCc1ccccc1)c1cccs1. The number of esters is 1. The summed E-state index contributed by atoms with van der Waals surface area (Å²) in [5.41, 5.74) is 8.04. The topological polar surface area (TPSA) is 67.2 Å². The van der Waals surface area contributed by atoms with E-state index in [1.165, 1.54) is 11.3 Å². The first kappa shape index (κ1) is 13.3. The van der Waals surface area contributed by atoms with Gasteiger partial charge in [-0.25, -0.2) is 0 Å². The number of thiophene rings is 1. The number of ether oxygens (including phenoxy) is 1. The highest BCUT2D eigenvalue weighted by Crippen LogP contribution is 2.23. The molecule has 0 aliphatic carbocycles. The summed E-state index contributed by atoms with van der Waals surface area (Å²) in [6, 6.07) is 12.6. The fourth-order valence-corrected chi connectivity index (χ4v) is 2.43. The van der Waals surface area contributed by atoms with E-state index in [-0.39, 0.29) is 6.61 Å². The highest BCUT2D eigenvalue weighted by molar-refractivity contribution is 7.10. The maximum absolute atomic E-state index is 11.9. The van der Waals surface area contributed by atoms with Crippen LogP contribution in [0.2, 0.25) is 0 Å². The molecule has 1 aromatic heterocycles. The lowest BCUT2D eigenvalue weighted by atomic mass is 10.1. The smallest absolute Gasteiger partial charge is 0.324 e. The fraction of sp³-hybridized carbons (Fsp3) is 0.143. The molecule has 0 aliphatic heterocycles. The zero-order valence-corrected chi connectivity index (χ0v) is 10.9. The molecule has 1 radical (unpaired) electrons. The molecular formula is C14H12NO3S. The zero-order chi connectivity index (χ0) is 13.7. The van der Waals surface area contributed by atoms with E-state index in [2.05, 4.69) is 0 Å². The first-order valence-electron chi connectivity index (χ1n) is 5.68. The van der Waals surface area contributed by atoms with Crippen LogP contribution in [0.5, 0.6) is 0 Å². The number of amides is 1. The molecule has 0 saturated carbocycles. The number of nitrogens with one attached hydrogen (secondary N) is 1. The summed E-state index contributed by atoms with van der Waals surface area (Å²) in [6.07, 6.45) is 0. The van der Waals surface area contributed by atoms with Gasteiger partial charge in [0.1, 0.15) is 6.61 Å². The molecular weight excluding hydrogens is 262 g/mol. The van der Waals surface area contributed by atoms with Gasteiger partial charge in [0, 0.05) is 4.88 Å². The molecule has 0 saturated heterocycles. The Kier molecular flexibility index (Phi) is 4.30. The standard InChI is InChI=1S/C14H12NO3S/c15-13(16)12(11-7-4-8-19-11)14(17)18-9-10-5-2-1-3-6-10/h1-8,12,15H,9H2. The van der Waals surface area contributed by atoms with E-state index in [0.29, 0.717) is 4.88 Å².